The lowest BCUT2D eigenvalue weighted by atomic mass is 10.00. The third-order valence-electron chi connectivity index (χ3n) is 3.19. The number of piperidine rings is 1. The third-order valence-corrected chi connectivity index (χ3v) is 3.19. The molecule has 1 aliphatic heterocycles. The Kier molecular flexibility index (Phi) is 2.79. The number of anilines is 1. The maximum Gasteiger partial charge on any atom is 0.383 e. The Morgan fingerprint density at radius 1 is 1.44 bits per heavy atom. The topological polar surface area (TPSA) is 87.9 Å². The van der Waals surface area contributed by atoms with E-state index in [1.807, 2.05) is 6.07 Å². The molecule has 3 rings (SSSR count). The molecule has 1 unspecified atom stereocenters. The molecule has 1 N–H and O–H groups in total. The van der Waals surface area contributed by atoms with Gasteiger partial charge >= 0.3 is 5.63 Å². The summed E-state index contributed by atoms with van der Waals surface area (Å²) in [6, 6.07) is 1.77. The fourth-order valence-electron chi connectivity index (χ4n) is 2.37. The highest BCUT2D eigenvalue weighted by Gasteiger charge is 2.29. The number of aromatic amines is 1. The van der Waals surface area contributed by atoms with Crippen molar-refractivity contribution in [2.75, 3.05) is 11.4 Å². The van der Waals surface area contributed by atoms with E-state index in [-0.39, 0.29) is 6.04 Å². The van der Waals surface area contributed by atoms with Crippen molar-refractivity contribution < 1.29 is 4.52 Å². The molecule has 0 aromatic carbocycles. The monoisotopic (exact) mass is 247 g/mol. The van der Waals surface area contributed by atoms with E-state index in [4.69, 9.17) is 0 Å². The number of nitrogens with zero attached hydrogens (tertiary/aromatic N) is 4. The quantitative estimate of drug-likeness (QED) is 0.847. The highest BCUT2D eigenvalue weighted by molar-refractivity contribution is 5.40. The maximum absolute atomic E-state index is 11.6. The van der Waals surface area contributed by atoms with Crippen LogP contribution in [0, 0.1) is 0 Å². The average molecular weight is 247 g/mol. The van der Waals surface area contributed by atoms with E-state index in [0.717, 1.165) is 31.6 Å². The number of hydrogen-bond acceptors (Lipinski definition) is 6. The van der Waals surface area contributed by atoms with E-state index in [2.05, 4.69) is 29.8 Å². The van der Waals surface area contributed by atoms with E-state index < -0.39 is 5.63 Å². The van der Waals surface area contributed by atoms with Gasteiger partial charge in [-0.3, -0.25) is 0 Å². The van der Waals surface area contributed by atoms with Gasteiger partial charge in [-0.05, 0) is 25.3 Å². The number of H-pyrrole nitrogens is 1. The normalized spacial score (nSPS) is 20.0. The molecule has 3 heterocycles. The fraction of sp³-hybridized carbons (Fsp3) is 0.455. The molecular weight excluding hydrogens is 234 g/mol. The first-order valence-corrected chi connectivity index (χ1v) is 5.92. The zero-order valence-electron chi connectivity index (χ0n) is 9.74. The number of aromatic nitrogens is 4. The summed E-state index contributed by atoms with van der Waals surface area (Å²) in [4.78, 5) is 21.8. The molecular formula is C11H13N5O2. The molecule has 1 aliphatic rings. The van der Waals surface area contributed by atoms with E-state index >= 15 is 0 Å². The van der Waals surface area contributed by atoms with Gasteiger partial charge in [0.25, 0.3) is 0 Å². The number of hydrogen-bond donors (Lipinski definition) is 1. The lowest BCUT2D eigenvalue weighted by molar-refractivity contribution is 0.367. The molecule has 0 bridgehead atoms. The lowest BCUT2D eigenvalue weighted by Gasteiger charge is -2.34. The van der Waals surface area contributed by atoms with Gasteiger partial charge in [-0.2, -0.15) is 0 Å². The minimum absolute atomic E-state index is 0.0730. The van der Waals surface area contributed by atoms with Crippen molar-refractivity contribution in [1.82, 2.24) is 20.3 Å². The van der Waals surface area contributed by atoms with Crippen LogP contribution >= 0.6 is 0 Å². The molecule has 1 atom stereocenters. The Bertz CT molecular complexity index is 564. The lowest BCUT2D eigenvalue weighted by Crippen LogP contribution is -2.36. The highest BCUT2D eigenvalue weighted by atomic mass is 16.5. The van der Waals surface area contributed by atoms with Crippen LogP contribution in [0.1, 0.15) is 31.0 Å². The average Bonchev–Trinajstić information content (AvgIpc) is 2.86. The second-order valence-corrected chi connectivity index (χ2v) is 4.25. The van der Waals surface area contributed by atoms with Gasteiger partial charge in [0.2, 0.25) is 0 Å². The van der Waals surface area contributed by atoms with Crippen LogP contribution in [-0.2, 0) is 0 Å². The van der Waals surface area contributed by atoms with Crippen molar-refractivity contribution in [2.24, 2.45) is 0 Å². The predicted molar refractivity (Wildman–Crippen MR) is 63.1 cm³/mol. The summed E-state index contributed by atoms with van der Waals surface area (Å²) in [7, 11) is 0. The van der Waals surface area contributed by atoms with Crippen LogP contribution in [0.5, 0.6) is 0 Å². The van der Waals surface area contributed by atoms with Crippen molar-refractivity contribution in [3.63, 3.8) is 0 Å². The predicted octanol–water partition coefficient (Wildman–Crippen LogP) is 0.884. The molecule has 1 fully saturated rings. The molecule has 7 nitrogen and oxygen atoms in total. The Hall–Kier alpha value is -2.18. The van der Waals surface area contributed by atoms with Crippen LogP contribution in [0.4, 0.5) is 5.82 Å². The summed E-state index contributed by atoms with van der Waals surface area (Å²) in [6.07, 6.45) is 6.23. The van der Waals surface area contributed by atoms with Gasteiger partial charge in [-0.15, -0.1) is 10.4 Å². The minimum Gasteiger partial charge on any atom is -0.348 e. The van der Waals surface area contributed by atoms with Crippen LogP contribution in [0.15, 0.2) is 27.9 Å². The molecule has 94 valence electrons. The summed E-state index contributed by atoms with van der Waals surface area (Å²) in [5, 5.41) is 6.20. The van der Waals surface area contributed by atoms with Crippen molar-refractivity contribution in [2.45, 2.75) is 25.3 Å². The maximum atomic E-state index is 11.6. The van der Waals surface area contributed by atoms with Gasteiger partial charge in [0.15, 0.2) is 5.69 Å². The molecule has 18 heavy (non-hydrogen) atoms. The molecule has 2 aromatic heterocycles. The van der Waals surface area contributed by atoms with E-state index in [0.29, 0.717) is 5.69 Å². The molecule has 1 saturated heterocycles. The minimum atomic E-state index is -0.402. The van der Waals surface area contributed by atoms with Gasteiger partial charge in [-0.1, -0.05) is 0 Å². The molecule has 0 aliphatic carbocycles. The van der Waals surface area contributed by atoms with Crippen LogP contribution in [-0.4, -0.2) is 26.9 Å². The van der Waals surface area contributed by atoms with Gasteiger partial charge in [-0.25, -0.2) is 14.8 Å². The highest BCUT2D eigenvalue weighted by Crippen LogP contribution is 2.31. The molecule has 0 amide bonds. The molecule has 0 saturated carbocycles. The van der Waals surface area contributed by atoms with E-state index in [1.165, 1.54) is 6.33 Å². The third kappa shape index (κ3) is 1.87. The first-order valence-electron chi connectivity index (χ1n) is 5.92. The van der Waals surface area contributed by atoms with Crippen LogP contribution in [0.25, 0.3) is 0 Å². The molecule has 7 heteroatoms. The Labute approximate surface area is 103 Å². The van der Waals surface area contributed by atoms with Gasteiger partial charge < -0.3 is 9.42 Å². The van der Waals surface area contributed by atoms with Gasteiger partial charge in [0.05, 0.1) is 6.04 Å². The van der Waals surface area contributed by atoms with Gasteiger partial charge in [0.1, 0.15) is 12.1 Å². The zero-order chi connectivity index (χ0) is 12.4. The molecule has 2 aromatic rings. The summed E-state index contributed by atoms with van der Waals surface area (Å²) in [5.74, 6) is 0.817. The Morgan fingerprint density at radius 3 is 3.11 bits per heavy atom. The number of rotatable bonds is 2. The van der Waals surface area contributed by atoms with Crippen molar-refractivity contribution in [1.29, 1.82) is 0 Å². The SMILES string of the molecule is O=c1o[nH]nc1C1CCCCN1c1ccncn1. The van der Waals surface area contributed by atoms with Gasteiger partial charge in [0, 0.05) is 12.7 Å². The van der Waals surface area contributed by atoms with E-state index in [9.17, 15) is 4.79 Å². The molecule has 0 spiro atoms. The van der Waals surface area contributed by atoms with E-state index in [1.54, 1.807) is 6.20 Å². The van der Waals surface area contributed by atoms with Crippen molar-refractivity contribution >= 4 is 5.82 Å². The molecule has 0 radical (unpaired) electrons. The Morgan fingerprint density at radius 2 is 2.39 bits per heavy atom. The van der Waals surface area contributed by atoms with Crippen LogP contribution in [0.3, 0.4) is 0 Å². The standard InChI is InChI=1S/C11H13N5O2/c17-11-10(14-15-18-11)8-3-1-2-6-16(8)9-4-5-12-7-13-9/h4-5,7-8,15H,1-3,6H2. The smallest absolute Gasteiger partial charge is 0.348 e. The first kappa shape index (κ1) is 10.9. The Balaban J connectivity index is 1.96. The van der Waals surface area contributed by atoms with Crippen LogP contribution in [0.2, 0.25) is 0 Å². The van der Waals surface area contributed by atoms with Crippen molar-refractivity contribution in [3.05, 3.63) is 34.7 Å². The summed E-state index contributed by atoms with van der Waals surface area (Å²) < 4.78 is 4.65. The zero-order valence-corrected chi connectivity index (χ0v) is 9.74. The second-order valence-electron chi connectivity index (χ2n) is 4.25. The summed E-state index contributed by atoms with van der Waals surface area (Å²) in [6.45, 7) is 0.855. The summed E-state index contributed by atoms with van der Waals surface area (Å²) in [5.41, 5.74) is 0.0225. The largest absolute Gasteiger partial charge is 0.383 e. The second kappa shape index (κ2) is 4.59. The fourth-order valence-corrected chi connectivity index (χ4v) is 2.37. The van der Waals surface area contributed by atoms with Crippen molar-refractivity contribution in [3.8, 4) is 0 Å². The first-order chi connectivity index (χ1) is 8.86. The summed E-state index contributed by atoms with van der Waals surface area (Å²) >= 11 is 0. The number of nitrogens with one attached hydrogen (secondary N) is 1. The van der Waals surface area contributed by atoms with Crippen LogP contribution < -0.4 is 10.5 Å².